The predicted octanol–water partition coefficient (Wildman–Crippen LogP) is 6.81. The molecule has 0 rings (SSSR count). The minimum atomic E-state index is 0.250. The second kappa shape index (κ2) is 25.2. The van der Waals surface area contributed by atoms with E-state index in [2.05, 4.69) is 25.9 Å². The van der Waals surface area contributed by atoms with Crippen LogP contribution in [-0.2, 0) is 0 Å². The number of nitrogens with zero attached hydrogens (tertiary/aromatic N) is 1. The normalized spacial score (nSPS) is 10.8. The molecule has 2 heteroatoms. The average molecular weight is 344 g/mol. The van der Waals surface area contributed by atoms with Crippen LogP contribution in [0.4, 0.5) is 0 Å². The van der Waals surface area contributed by atoms with E-state index in [4.69, 9.17) is 5.11 Å². The topological polar surface area (TPSA) is 23.5 Å². The van der Waals surface area contributed by atoms with Crippen LogP contribution in [0.15, 0.2) is 0 Å². The number of aliphatic hydroxyl groups is 1. The zero-order valence-corrected chi connectivity index (χ0v) is 17.6. The molecule has 24 heavy (non-hydrogen) atoms. The molecule has 0 bridgehead atoms. The maximum atomic E-state index is 7.57. The zero-order chi connectivity index (χ0) is 18.3. The van der Waals surface area contributed by atoms with Gasteiger partial charge < -0.3 is 10.0 Å². The minimum absolute atomic E-state index is 0.250. The Morgan fingerprint density at radius 1 is 0.500 bits per heavy atom. The van der Waals surface area contributed by atoms with Gasteiger partial charge in [0.2, 0.25) is 0 Å². The molecule has 0 heterocycles. The van der Waals surface area contributed by atoms with Crippen molar-refractivity contribution in [3.8, 4) is 0 Å². The highest BCUT2D eigenvalue weighted by Gasteiger charge is 1.95. The van der Waals surface area contributed by atoms with Gasteiger partial charge in [-0.05, 0) is 34.0 Å². The first-order valence-corrected chi connectivity index (χ1v) is 10.9. The molecular weight excluding hydrogens is 294 g/mol. The van der Waals surface area contributed by atoms with Gasteiger partial charge in [-0.1, -0.05) is 103 Å². The Bertz CT molecular complexity index is 194. The summed E-state index contributed by atoms with van der Waals surface area (Å²) in [5.74, 6) is 0. The number of aliphatic hydroxyl groups excluding tert-OH is 1. The van der Waals surface area contributed by atoms with E-state index >= 15 is 0 Å². The van der Waals surface area contributed by atoms with Crippen LogP contribution in [-0.4, -0.2) is 37.3 Å². The molecule has 0 amide bonds. The molecule has 0 atom stereocenters. The van der Waals surface area contributed by atoms with Crippen LogP contribution in [0.2, 0.25) is 0 Å². The van der Waals surface area contributed by atoms with E-state index in [1.54, 1.807) is 6.92 Å². The van der Waals surface area contributed by atoms with Gasteiger partial charge >= 0.3 is 0 Å². The molecule has 0 unspecified atom stereocenters. The molecule has 0 saturated carbocycles. The van der Waals surface area contributed by atoms with Crippen molar-refractivity contribution < 1.29 is 5.11 Å². The second-order valence-electron chi connectivity index (χ2n) is 7.42. The fourth-order valence-corrected chi connectivity index (χ4v) is 2.98. The Morgan fingerprint density at radius 2 is 0.750 bits per heavy atom. The smallest absolute Gasteiger partial charge is 0.0402 e. The number of rotatable bonds is 17. The number of hydrogen-bond donors (Lipinski definition) is 1. The number of unbranched alkanes of at least 4 members (excludes halogenated alkanes) is 15. The lowest BCUT2D eigenvalue weighted by Crippen LogP contribution is -2.12. The lowest BCUT2D eigenvalue weighted by atomic mass is 10.0. The lowest BCUT2D eigenvalue weighted by molar-refractivity contribution is 0.318. The highest BCUT2D eigenvalue weighted by Crippen LogP contribution is 2.13. The van der Waals surface area contributed by atoms with Crippen LogP contribution in [0, 0.1) is 0 Å². The predicted molar refractivity (Wildman–Crippen MR) is 111 cm³/mol. The van der Waals surface area contributed by atoms with Crippen molar-refractivity contribution in [2.75, 3.05) is 27.2 Å². The van der Waals surface area contributed by atoms with Gasteiger partial charge in [-0.2, -0.15) is 0 Å². The zero-order valence-electron chi connectivity index (χ0n) is 17.6. The van der Waals surface area contributed by atoms with E-state index < -0.39 is 0 Å². The summed E-state index contributed by atoms with van der Waals surface area (Å²) >= 11 is 0. The second-order valence-corrected chi connectivity index (χ2v) is 7.42. The highest BCUT2D eigenvalue weighted by atomic mass is 16.2. The molecule has 0 aromatic rings. The maximum absolute atomic E-state index is 7.57. The molecule has 0 radical (unpaired) electrons. The third kappa shape index (κ3) is 29.9. The number of hydrogen-bond acceptors (Lipinski definition) is 2. The van der Waals surface area contributed by atoms with E-state index in [0.717, 1.165) is 0 Å². The Morgan fingerprint density at radius 3 is 1.00 bits per heavy atom. The third-order valence-corrected chi connectivity index (χ3v) is 4.46. The molecule has 0 aliphatic carbocycles. The van der Waals surface area contributed by atoms with E-state index in [-0.39, 0.29) is 6.61 Å². The fourth-order valence-electron chi connectivity index (χ4n) is 2.98. The first-order valence-electron chi connectivity index (χ1n) is 10.9. The third-order valence-electron chi connectivity index (χ3n) is 4.46. The van der Waals surface area contributed by atoms with E-state index in [1.807, 2.05) is 0 Å². The standard InChI is InChI=1S/C20H43N.C2H6O/c1-4-5-6-7-8-9-10-11-12-13-14-15-16-17-18-19-20-21(2)3;1-2-3/h4-20H2,1-3H3;3H,2H2,1H3. The van der Waals surface area contributed by atoms with Crippen LogP contribution < -0.4 is 0 Å². The summed E-state index contributed by atoms with van der Waals surface area (Å²) in [5.41, 5.74) is 0. The van der Waals surface area contributed by atoms with Crippen molar-refractivity contribution in [3.05, 3.63) is 0 Å². The van der Waals surface area contributed by atoms with E-state index in [1.165, 1.54) is 109 Å². The van der Waals surface area contributed by atoms with Gasteiger partial charge in [-0.15, -0.1) is 0 Å². The minimum Gasteiger partial charge on any atom is -0.397 e. The summed E-state index contributed by atoms with van der Waals surface area (Å²) < 4.78 is 0. The monoisotopic (exact) mass is 343 g/mol. The molecule has 0 aliphatic heterocycles. The molecule has 148 valence electrons. The Hall–Kier alpha value is -0.0800. The van der Waals surface area contributed by atoms with Crippen molar-refractivity contribution in [2.24, 2.45) is 0 Å². The molecule has 2 nitrogen and oxygen atoms in total. The van der Waals surface area contributed by atoms with Crippen molar-refractivity contribution in [1.82, 2.24) is 4.90 Å². The average Bonchev–Trinajstić information content (AvgIpc) is 2.55. The first kappa shape index (κ1) is 26.2. The van der Waals surface area contributed by atoms with E-state index in [0.29, 0.717) is 0 Å². The summed E-state index contributed by atoms with van der Waals surface area (Å²) in [5, 5.41) is 7.57. The van der Waals surface area contributed by atoms with Gasteiger partial charge in [0.05, 0.1) is 0 Å². The fraction of sp³-hybridized carbons (Fsp3) is 1.00. The van der Waals surface area contributed by atoms with Gasteiger partial charge in [0.15, 0.2) is 0 Å². The molecule has 0 aliphatic rings. The summed E-state index contributed by atoms with van der Waals surface area (Å²) in [7, 11) is 4.34. The largest absolute Gasteiger partial charge is 0.397 e. The van der Waals surface area contributed by atoms with Gasteiger partial charge in [-0.3, -0.25) is 0 Å². The molecular formula is C22H49NO. The lowest BCUT2D eigenvalue weighted by Gasteiger charge is -2.08. The van der Waals surface area contributed by atoms with Crippen LogP contribution >= 0.6 is 0 Å². The maximum Gasteiger partial charge on any atom is 0.0402 e. The van der Waals surface area contributed by atoms with Crippen LogP contribution in [0.3, 0.4) is 0 Å². The SMILES string of the molecule is CCCCCCCCCCCCCCCCCCN(C)C.CCO. The van der Waals surface area contributed by atoms with E-state index in [9.17, 15) is 0 Å². The summed E-state index contributed by atoms with van der Waals surface area (Å²) in [4.78, 5) is 2.30. The van der Waals surface area contributed by atoms with Gasteiger partial charge in [0.1, 0.15) is 0 Å². The molecule has 0 fully saturated rings. The van der Waals surface area contributed by atoms with Crippen molar-refractivity contribution in [3.63, 3.8) is 0 Å². The van der Waals surface area contributed by atoms with Crippen LogP contribution in [0.5, 0.6) is 0 Å². The molecule has 0 saturated heterocycles. The summed E-state index contributed by atoms with van der Waals surface area (Å²) in [6, 6.07) is 0. The van der Waals surface area contributed by atoms with Gasteiger partial charge in [-0.25, -0.2) is 0 Å². The molecule has 0 spiro atoms. The van der Waals surface area contributed by atoms with Gasteiger partial charge in [0, 0.05) is 6.61 Å². The molecule has 1 N–H and O–H groups in total. The van der Waals surface area contributed by atoms with Crippen LogP contribution in [0.1, 0.15) is 117 Å². The van der Waals surface area contributed by atoms with Crippen molar-refractivity contribution >= 4 is 0 Å². The Balaban J connectivity index is 0. The van der Waals surface area contributed by atoms with Crippen LogP contribution in [0.25, 0.3) is 0 Å². The van der Waals surface area contributed by atoms with Crippen molar-refractivity contribution in [1.29, 1.82) is 0 Å². The quantitative estimate of drug-likeness (QED) is 0.293. The molecule has 0 aromatic carbocycles. The first-order chi connectivity index (χ1) is 11.7. The summed E-state index contributed by atoms with van der Waals surface area (Å²) in [6.07, 6.45) is 23.3. The van der Waals surface area contributed by atoms with Gasteiger partial charge in [0.25, 0.3) is 0 Å². The molecule has 0 aromatic heterocycles. The highest BCUT2D eigenvalue weighted by molar-refractivity contribution is 4.50. The summed E-state index contributed by atoms with van der Waals surface area (Å²) in [6.45, 7) is 5.49. The van der Waals surface area contributed by atoms with Crippen molar-refractivity contribution in [2.45, 2.75) is 117 Å². The Labute approximate surface area is 154 Å². The Kier molecular flexibility index (Phi) is 27.4.